The van der Waals surface area contributed by atoms with Gasteiger partial charge in [0.2, 0.25) is 0 Å². The van der Waals surface area contributed by atoms with Gasteiger partial charge in [0, 0.05) is 12.2 Å². The Kier molecular flexibility index (Phi) is 3.49. The molecule has 0 aliphatic heterocycles. The summed E-state index contributed by atoms with van der Waals surface area (Å²) in [6, 6.07) is 8.15. The molecule has 0 bridgehead atoms. The number of para-hydroxylation sites is 1. The number of aryl methyl sites for hydroxylation is 1. The lowest BCUT2D eigenvalue weighted by molar-refractivity contribution is 0.495. The number of nitrogen functional groups attached to an aromatic ring is 1. The van der Waals surface area contributed by atoms with E-state index in [4.69, 9.17) is 5.73 Å². The monoisotopic (exact) mass is 218 g/mol. The van der Waals surface area contributed by atoms with Crippen molar-refractivity contribution in [2.45, 2.75) is 32.6 Å². The number of hydrogen-bond acceptors (Lipinski definition) is 2. The molecule has 2 heteroatoms. The Balaban J connectivity index is 1.62. The Morgan fingerprint density at radius 3 is 2.75 bits per heavy atom. The highest BCUT2D eigenvalue weighted by molar-refractivity contribution is 5.46. The Bertz CT molecular complexity index is 342. The Labute approximate surface area is 98.2 Å². The molecule has 0 radical (unpaired) electrons. The molecule has 2 rings (SSSR count). The largest absolute Gasteiger partial charge is 0.399 e. The Morgan fingerprint density at radius 1 is 1.31 bits per heavy atom. The molecule has 16 heavy (non-hydrogen) atoms. The number of hydrogen-bond donors (Lipinski definition) is 2. The minimum absolute atomic E-state index is 0.617. The van der Waals surface area contributed by atoms with Gasteiger partial charge < -0.3 is 11.1 Å². The molecule has 1 aromatic rings. The van der Waals surface area contributed by atoms with E-state index in [0.29, 0.717) is 5.41 Å². The van der Waals surface area contributed by atoms with Crippen LogP contribution < -0.4 is 11.1 Å². The first-order valence-electron chi connectivity index (χ1n) is 6.24. The lowest BCUT2D eigenvalue weighted by atomic mass is 10.1. The van der Waals surface area contributed by atoms with Gasteiger partial charge in [-0.3, -0.25) is 0 Å². The van der Waals surface area contributed by atoms with Crippen LogP contribution in [0.15, 0.2) is 24.3 Å². The van der Waals surface area contributed by atoms with E-state index in [9.17, 15) is 0 Å². The van der Waals surface area contributed by atoms with Crippen molar-refractivity contribution in [3.8, 4) is 0 Å². The molecule has 0 heterocycles. The molecule has 1 fully saturated rings. The first kappa shape index (κ1) is 11.5. The van der Waals surface area contributed by atoms with Crippen molar-refractivity contribution >= 4 is 5.69 Å². The molecule has 88 valence electrons. The summed E-state index contributed by atoms with van der Waals surface area (Å²) in [5.74, 6) is 0. The minimum atomic E-state index is 0.617. The number of nitrogens with two attached hydrogens (primary N) is 1. The normalized spacial score (nSPS) is 17.3. The topological polar surface area (TPSA) is 38.0 Å². The Morgan fingerprint density at radius 2 is 2.06 bits per heavy atom. The van der Waals surface area contributed by atoms with E-state index in [1.54, 1.807) is 0 Å². The fraction of sp³-hybridized carbons (Fsp3) is 0.571. The standard InChI is InChI=1S/C14H22N2/c1-14(8-9-14)11-16-10-4-6-12-5-2-3-7-13(12)15/h2-3,5,7,16H,4,6,8-11,15H2,1H3. The van der Waals surface area contributed by atoms with Crippen molar-refractivity contribution < 1.29 is 0 Å². The van der Waals surface area contributed by atoms with Crippen molar-refractivity contribution in [1.29, 1.82) is 0 Å². The lowest BCUT2D eigenvalue weighted by Gasteiger charge is -2.10. The molecule has 1 aliphatic rings. The fourth-order valence-corrected chi connectivity index (χ4v) is 1.95. The Hall–Kier alpha value is -1.02. The van der Waals surface area contributed by atoms with Gasteiger partial charge in [-0.1, -0.05) is 25.1 Å². The zero-order valence-corrected chi connectivity index (χ0v) is 10.1. The van der Waals surface area contributed by atoms with Crippen LogP contribution >= 0.6 is 0 Å². The number of benzene rings is 1. The van der Waals surface area contributed by atoms with Gasteiger partial charge in [0.05, 0.1) is 0 Å². The molecule has 0 amide bonds. The SMILES string of the molecule is CC1(CNCCCc2ccccc2N)CC1. The molecule has 0 spiro atoms. The van der Waals surface area contributed by atoms with Crippen molar-refractivity contribution in [3.05, 3.63) is 29.8 Å². The average Bonchev–Trinajstić information content (AvgIpc) is 2.99. The van der Waals surface area contributed by atoms with Crippen molar-refractivity contribution in [2.24, 2.45) is 5.41 Å². The highest BCUT2D eigenvalue weighted by Gasteiger charge is 2.36. The molecule has 1 aliphatic carbocycles. The van der Waals surface area contributed by atoms with Crippen LogP contribution in [0.2, 0.25) is 0 Å². The minimum Gasteiger partial charge on any atom is -0.399 e. The van der Waals surface area contributed by atoms with Crippen LogP contribution in [0.4, 0.5) is 5.69 Å². The fourth-order valence-electron chi connectivity index (χ4n) is 1.95. The maximum Gasteiger partial charge on any atom is 0.0346 e. The third-order valence-corrected chi connectivity index (χ3v) is 3.51. The van der Waals surface area contributed by atoms with Crippen LogP contribution in [0.1, 0.15) is 31.7 Å². The van der Waals surface area contributed by atoms with Gasteiger partial charge in [0.1, 0.15) is 0 Å². The van der Waals surface area contributed by atoms with Crippen molar-refractivity contribution in [2.75, 3.05) is 18.8 Å². The predicted octanol–water partition coefficient (Wildman–Crippen LogP) is 2.59. The van der Waals surface area contributed by atoms with Crippen LogP contribution in [0.25, 0.3) is 0 Å². The molecule has 0 aromatic heterocycles. The molecule has 1 saturated carbocycles. The zero-order chi connectivity index (χ0) is 11.4. The van der Waals surface area contributed by atoms with Gasteiger partial charge in [-0.05, 0) is 49.3 Å². The summed E-state index contributed by atoms with van der Waals surface area (Å²) in [4.78, 5) is 0. The van der Waals surface area contributed by atoms with Crippen molar-refractivity contribution in [3.63, 3.8) is 0 Å². The van der Waals surface area contributed by atoms with E-state index in [2.05, 4.69) is 24.4 Å². The third kappa shape index (κ3) is 3.24. The molecule has 0 saturated heterocycles. The quantitative estimate of drug-likeness (QED) is 0.569. The summed E-state index contributed by atoms with van der Waals surface area (Å²) in [6.45, 7) is 4.64. The molecule has 2 nitrogen and oxygen atoms in total. The summed E-state index contributed by atoms with van der Waals surface area (Å²) < 4.78 is 0. The van der Waals surface area contributed by atoms with E-state index in [0.717, 1.165) is 18.7 Å². The van der Waals surface area contributed by atoms with Gasteiger partial charge in [0.15, 0.2) is 0 Å². The van der Waals surface area contributed by atoms with Crippen LogP contribution in [0, 0.1) is 5.41 Å². The second-order valence-electron chi connectivity index (χ2n) is 5.29. The molecule has 0 unspecified atom stereocenters. The summed E-state index contributed by atoms with van der Waals surface area (Å²) in [7, 11) is 0. The number of nitrogens with one attached hydrogen (secondary N) is 1. The summed E-state index contributed by atoms with van der Waals surface area (Å²) in [5.41, 5.74) is 8.72. The van der Waals surface area contributed by atoms with Crippen LogP contribution in [0.3, 0.4) is 0 Å². The van der Waals surface area contributed by atoms with Crippen LogP contribution in [-0.4, -0.2) is 13.1 Å². The second-order valence-corrected chi connectivity index (χ2v) is 5.29. The third-order valence-electron chi connectivity index (χ3n) is 3.51. The molecule has 3 N–H and O–H groups in total. The van der Waals surface area contributed by atoms with E-state index in [-0.39, 0.29) is 0 Å². The van der Waals surface area contributed by atoms with E-state index < -0.39 is 0 Å². The molecular weight excluding hydrogens is 196 g/mol. The van der Waals surface area contributed by atoms with Crippen molar-refractivity contribution in [1.82, 2.24) is 5.32 Å². The van der Waals surface area contributed by atoms with Gasteiger partial charge in [-0.25, -0.2) is 0 Å². The van der Waals surface area contributed by atoms with E-state index in [1.807, 2.05) is 12.1 Å². The second kappa shape index (κ2) is 4.88. The zero-order valence-electron chi connectivity index (χ0n) is 10.1. The molecular formula is C14H22N2. The van der Waals surface area contributed by atoms with Gasteiger partial charge in [-0.15, -0.1) is 0 Å². The van der Waals surface area contributed by atoms with Crippen LogP contribution in [0.5, 0.6) is 0 Å². The number of anilines is 1. The smallest absolute Gasteiger partial charge is 0.0346 e. The molecule has 1 aromatic carbocycles. The highest BCUT2D eigenvalue weighted by Crippen LogP contribution is 2.43. The van der Waals surface area contributed by atoms with E-state index in [1.165, 1.54) is 31.4 Å². The highest BCUT2D eigenvalue weighted by atomic mass is 14.9. The number of rotatable bonds is 6. The first-order valence-corrected chi connectivity index (χ1v) is 6.24. The van der Waals surface area contributed by atoms with Gasteiger partial charge >= 0.3 is 0 Å². The lowest BCUT2D eigenvalue weighted by Crippen LogP contribution is -2.23. The van der Waals surface area contributed by atoms with Crippen LogP contribution in [-0.2, 0) is 6.42 Å². The van der Waals surface area contributed by atoms with Gasteiger partial charge in [0.25, 0.3) is 0 Å². The average molecular weight is 218 g/mol. The summed E-state index contributed by atoms with van der Waals surface area (Å²) in [5, 5.41) is 3.54. The van der Waals surface area contributed by atoms with Gasteiger partial charge in [-0.2, -0.15) is 0 Å². The van der Waals surface area contributed by atoms with E-state index >= 15 is 0 Å². The summed E-state index contributed by atoms with van der Waals surface area (Å²) in [6.07, 6.45) is 5.04. The predicted molar refractivity (Wildman–Crippen MR) is 69.4 cm³/mol. The summed E-state index contributed by atoms with van der Waals surface area (Å²) >= 11 is 0. The molecule has 0 atom stereocenters. The maximum atomic E-state index is 5.89. The first-order chi connectivity index (χ1) is 7.70. The maximum absolute atomic E-state index is 5.89.